The van der Waals surface area contributed by atoms with E-state index in [2.05, 4.69) is 10.3 Å². The van der Waals surface area contributed by atoms with Gasteiger partial charge in [0.1, 0.15) is 22.4 Å². The lowest BCUT2D eigenvalue weighted by atomic mass is 10.2. The lowest BCUT2D eigenvalue weighted by Gasteiger charge is -2.02. The van der Waals surface area contributed by atoms with Crippen LogP contribution in [0.4, 0.5) is 5.13 Å². The molecular weight excluding hydrogens is 376 g/mol. The molecule has 2 aromatic heterocycles. The summed E-state index contributed by atoms with van der Waals surface area (Å²) in [6.45, 7) is 0. The molecule has 0 spiro atoms. The van der Waals surface area contributed by atoms with Crippen molar-refractivity contribution in [3.05, 3.63) is 63.5 Å². The van der Waals surface area contributed by atoms with Crippen molar-refractivity contribution in [2.45, 2.75) is 0 Å². The van der Waals surface area contributed by atoms with E-state index in [9.17, 15) is 9.59 Å². The summed E-state index contributed by atoms with van der Waals surface area (Å²) in [6.07, 6.45) is 0. The number of carbonyl (C=O) groups is 1. The molecule has 4 aromatic rings. The number of nitrogens with one attached hydrogen (secondary N) is 1. The molecule has 0 unspecified atom stereocenters. The van der Waals surface area contributed by atoms with Gasteiger partial charge in [0, 0.05) is 5.39 Å². The molecule has 1 N–H and O–H groups in total. The quantitative estimate of drug-likeness (QED) is 0.530. The number of hydrogen-bond donors (Lipinski definition) is 1. The Labute approximate surface area is 156 Å². The first-order valence-corrected chi connectivity index (χ1v) is 8.73. The third-order valence-electron chi connectivity index (χ3n) is 3.78. The number of hydrogen-bond acceptors (Lipinski definition) is 6. The molecule has 2 heterocycles. The molecule has 6 nitrogen and oxygen atoms in total. The summed E-state index contributed by atoms with van der Waals surface area (Å²) in [5.41, 5.74) is 0.162. The molecule has 0 bridgehead atoms. The fourth-order valence-electron chi connectivity index (χ4n) is 2.56. The van der Waals surface area contributed by atoms with Gasteiger partial charge in [0.2, 0.25) is 0 Å². The number of halogens is 1. The fraction of sp³-hybridized carbons (Fsp3) is 0.0556. The van der Waals surface area contributed by atoms with Crippen molar-refractivity contribution in [1.29, 1.82) is 0 Å². The number of anilines is 1. The number of carbonyl (C=O) groups excluding carboxylic acids is 1. The largest absolute Gasteiger partial charge is 0.494 e. The molecule has 0 saturated heterocycles. The van der Waals surface area contributed by atoms with Gasteiger partial charge in [0.25, 0.3) is 5.91 Å². The van der Waals surface area contributed by atoms with Crippen LogP contribution in [0, 0.1) is 0 Å². The summed E-state index contributed by atoms with van der Waals surface area (Å²) in [7, 11) is 1.53. The van der Waals surface area contributed by atoms with E-state index in [1.807, 2.05) is 0 Å². The number of aromatic nitrogens is 1. The van der Waals surface area contributed by atoms with Crippen molar-refractivity contribution in [2.24, 2.45) is 0 Å². The summed E-state index contributed by atoms with van der Waals surface area (Å²) >= 11 is 7.38. The number of nitrogens with zero attached hydrogens (tertiary/aromatic N) is 1. The van der Waals surface area contributed by atoms with E-state index in [4.69, 9.17) is 20.8 Å². The molecular formula is C18H11ClN2O4S. The molecule has 0 saturated carbocycles. The van der Waals surface area contributed by atoms with Gasteiger partial charge in [0.05, 0.1) is 16.8 Å². The number of amides is 1. The van der Waals surface area contributed by atoms with Crippen molar-refractivity contribution >= 4 is 55.2 Å². The predicted octanol–water partition coefficient (Wildman–Crippen LogP) is 4.32. The van der Waals surface area contributed by atoms with Crippen molar-refractivity contribution in [2.75, 3.05) is 12.4 Å². The monoisotopic (exact) mass is 386 g/mol. The van der Waals surface area contributed by atoms with Gasteiger partial charge in [-0.05, 0) is 24.3 Å². The van der Waals surface area contributed by atoms with Crippen LogP contribution >= 0.6 is 22.9 Å². The molecule has 0 radical (unpaired) electrons. The number of fused-ring (bicyclic) bond motifs is 2. The van der Waals surface area contributed by atoms with Crippen LogP contribution in [0.2, 0.25) is 5.02 Å². The molecule has 4 rings (SSSR count). The molecule has 0 aliphatic carbocycles. The topological polar surface area (TPSA) is 81.4 Å². The Morgan fingerprint density at radius 1 is 1.27 bits per heavy atom. The summed E-state index contributed by atoms with van der Waals surface area (Å²) in [5, 5.41) is 4.10. The van der Waals surface area contributed by atoms with Gasteiger partial charge >= 0.3 is 5.63 Å². The first-order chi connectivity index (χ1) is 12.6. The molecule has 2 aromatic carbocycles. The van der Waals surface area contributed by atoms with Crippen LogP contribution in [-0.4, -0.2) is 18.0 Å². The van der Waals surface area contributed by atoms with E-state index in [0.29, 0.717) is 37.1 Å². The maximum atomic E-state index is 12.5. The zero-order chi connectivity index (χ0) is 18.3. The van der Waals surface area contributed by atoms with Crippen LogP contribution < -0.4 is 15.7 Å². The van der Waals surface area contributed by atoms with E-state index in [1.165, 1.54) is 24.5 Å². The summed E-state index contributed by atoms with van der Waals surface area (Å²) in [5.74, 6) is -0.0509. The Morgan fingerprint density at radius 2 is 2.08 bits per heavy atom. The van der Waals surface area contributed by atoms with E-state index >= 15 is 0 Å². The summed E-state index contributed by atoms with van der Waals surface area (Å²) < 4.78 is 11.1. The van der Waals surface area contributed by atoms with Crippen LogP contribution in [0.1, 0.15) is 10.4 Å². The Morgan fingerprint density at radius 3 is 2.88 bits per heavy atom. The van der Waals surface area contributed by atoms with Gasteiger partial charge in [-0.25, -0.2) is 9.78 Å². The van der Waals surface area contributed by atoms with Gasteiger partial charge in [0.15, 0.2) is 5.13 Å². The predicted molar refractivity (Wildman–Crippen MR) is 102 cm³/mol. The van der Waals surface area contributed by atoms with Gasteiger partial charge < -0.3 is 9.15 Å². The zero-order valence-electron chi connectivity index (χ0n) is 13.4. The molecule has 0 atom stereocenters. The minimum absolute atomic E-state index is 0.0963. The van der Waals surface area contributed by atoms with Crippen molar-refractivity contribution in [3.63, 3.8) is 0 Å². The first-order valence-electron chi connectivity index (χ1n) is 7.54. The van der Waals surface area contributed by atoms with Gasteiger partial charge in [-0.3, -0.25) is 10.1 Å². The highest BCUT2D eigenvalue weighted by Gasteiger charge is 2.17. The Bertz CT molecular complexity index is 1210. The summed E-state index contributed by atoms with van der Waals surface area (Å²) in [4.78, 5) is 29.0. The lowest BCUT2D eigenvalue weighted by Crippen LogP contribution is -2.20. The van der Waals surface area contributed by atoms with Crippen LogP contribution in [0.3, 0.4) is 0 Å². The van der Waals surface area contributed by atoms with Crippen molar-refractivity contribution in [3.8, 4) is 5.75 Å². The third-order valence-corrected chi connectivity index (χ3v) is 5.22. The van der Waals surface area contributed by atoms with Crippen molar-refractivity contribution < 1.29 is 13.9 Å². The minimum atomic E-state index is -0.710. The number of para-hydroxylation sites is 1. The average molecular weight is 387 g/mol. The molecule has 8 heteroatoms. The minimum Gasteiger partial charge on any atom is -0.494 e. The highest BCUT2D eigenvalue weighted by Crippen LogP contribution is 2.37. The number of thiazole rings is 1. The lowest BCUT2D eigenvalue weighted by molar-refractivity contribution is 0.102. The molecule has 0 aliphatic rings. The fourth-order valence-corrected chi connectivity index (χ4v) is 3.71. The van der Waals surface area contributed by atoms with E-state index < -0.39 is 11.5 Å². The van der Waals surface area contributed by atoms with Crippen LogP contribution in [0.25, 0.3) is 21.2 Å². The Kier molecular flexibility index (Phi) is 4.10. The molecule has 26 heavy (non-hydrogen) atoms. The average Bonchev–Trinajstić information content (AvgIpc) is 3.06. The molecule has 0 fully saturated rings. The Balaban J connectivity index is 1.73. The van der Waals surface area contributed by atoms with Gasteiger partial charge in [-0.15, -0.1) is 0 Å². The maximum Gasteiger partial charge on any atom is 0.349 e. The highest BCUT2D eigenvalue weighted by molar-refractivity contribution is 7.23. The second-order valence-corrected chi connectivity index (χ2v) is 6.79. The molecule has 130 valence electrons. The normalized spacial score (nSPS) is 11.0. The van der Waals surface area contributed by atoms with Crippen LogP contribution in [0.5, 0.6) is 5.75 Å². The van der Waals surface area contributed by atoms with E-state index in [0.717, 1.165) is 0 Å². The standard InChI is InChI=1S/C18H11ClN2O4S/c1-24-13-7-6-11(19)15-14(13)20-18(26-15)21-16(22)10-8-9-4-2-3-5-12(9)25-17(10)23/h2-8H,1H3,(H,20,21,22). The molecule has 1 amide bonds. The number of rotatable bonds is 3. The maximum absolute atomic E-state index is 12.5. The number of ether oxygens (including phenoxy) is 1. The smallest absolute Gasteiger partial charge is 0.349 e. The highest BCUT2D eigenvalue weighted by atomic mass is 35.5. The number of methoxy groups -OCH3 is 1. The first kappa shape index (κ1) is 16.6. The van der Waals surface area contributed by atoms with Crippen molar-refractivity contribution in [1.82, 2.24) is 4.98 Å². The molecule has 0 aliphatic heterocycles. The van der Waals surface area contributed by atoms with Gasteiger partial charge in [-0.1, -0.05) is 41.1 Å². The van der Waals surface area contributed by atoms with E-state index in [1.54, 1.807) is 36.4 Å². The second kappa shape index (κ2) is 6.44. The van der Waals surface area contributed by atoms with Gasteiger partial charge in [-0.2, -0.15) is 0 Å². The van der Waals surface area contributed by atoms with Crippen LogP contribution in [-0.2, 0) is 0 Å². The zero-order valence-corrected chi connectivity index (χ0v) is 15.0. The second-order valence-electron chi connectivity index (χ2n) is 5.39. The SMILES string of the molecule is COc1ccc(Cl)c2sc(NC(=O)c3cc4ccccc4oc3=O)nc12. The van der Waals surface area contributed by atoms with Crippen LogP contribution in [0.15, 0.2) is 51.7 Å². The van der Waals surface area contributed by atoms with E-state index in [-0.39, 0.29) is 5.56 Å². The summed E-state index contributed by atoms with van der Waals surface area (Å²) in [6, 6.07) is 11.9. The third kappa shape index (κ3) is 2.81. The Hall–Kier alpha value is -2.90. The number of benzene rings is 2.